The fourth-order valence-corrected chi connectivity index (χ4v) is 3.60. The molecule has 4 heteroatoms. The van der Waals surface area contributed by atoms with Gasteiger partial charge in [-0.3, -0.25) is 10.1 Å². The van der Waals surface area contributed by atoms with Crippen LogP contribution in [0.2, 0.25) is 0 Å². The Labute approximate surface area is 103 Å². The molecule has 1 unspecified atom stereocenters. The standard InChI is InChI=1S/C13H22N2O2/c16-12-9-14-13(10-3-1-2-4-10)15(12)11-5-7-17-8-6-11/h10-11,13-14H,1-9H2. The van der Waals surface area contributed by atoms with E-state index in [1.54, 1.807) is 0 Å². The van der Waals surface area contributed by atoms with Gasteiger partial charge in [0.1, 0.15) is 0 Å². The van der Waals surface area contributed by atoms with Crippen LogP contribution >= 0.6 is 0 Å². The number of nitrogens with zero attached hydrogens (tertiary/aromatic N) is 1. The Balaban J connectivity index is 1.71. The van der Waals surface area contributed by atoms with Crippen LogP contribution in [0.1, 0.15) is 38.5 Å². The Morgan fingerprint density at radius 1 is 1.12 bits per heavy atom. The second-order valence-electron chi connectivity index (χ2n) is 5.51. The number of carbonyl (C=O) groups excluding carboxylic acids is 1. The van der Waals surface area contributed by atoms with E-state index in [2.05, 4.69) is 10.2 Å². The molecule has 1 saturated carbocycles. The van der Waals surface area contributed by atoms with Crippen LogP contribution in [-0.4, -0.2) is 42.8 Å². The molecular weight excluding hydrogens is 216 g/mol. The van der Waals surface area contributed by atoms with Crippen LogP contribution in [0.25, 0.3) is 0 Å². The summed E-state index contributed by atoms with van der Waals surface area (Å²) in [7, 11) is 0. The second kappa shape index (κ2) is 4.94. The van der Waals surface area contributed by atoms with Gasteiger partial charge in [0.15, 0.2) is 0 Å². The zero-order valence-corrected chi connectivity index (χ0v) is 10.4. The first-order chi connectivity index (χ1) is 8.36. The third-order valence-electron chi connectivity index (χ3n) is 4.48. The van der Waals surface area contributed by atoms with Crippen LogP contribution in [0.5, 0.6) is 0 Å². The van der Waals surface area contributed by atoms with Crippen LogP contribution in [0.15, 0.2) is 0 Å². The van der Waals surface area contributed by atoms with E-state index in [0.29, 0.717) is 30.6 Å². The van der Waals surface area contributed by atoms with E-state index in [9.17, 15) is 4.79 Å². The zero-order chi connectivity index (χ0) is 11.7. The molecule has 0 aromatic rings. The number of carbonyl (C=O) groups is 1. The van der Waals surface area contributed by atoms with Crippen LogP contribution in [0, 0.1) is 5.92 Å². The lowest BCUT2D eigenvalue weighted by Gasteiger charge is -2.37. The molecule has 3 rings (SSSR count). The fraction of sp³-hybridized carbons (Fsp3) is 0.923. The molecule has 3 aliphatic rings. The molecule has 0 spiro atoms. The van der Waals surface area contributed by atoms with E-state index in [1.807, 2.05) is 0 Å². The average Bonchev–Trinajstić information content (AvgIpc) is 2.98. The van der Waals surface area contributed by atoms with Gasteiger partial charge in [0.25, 0.3) is 0 Å². The van der Waals surface area contributed by atoms with Crippen molar-refractivity contribution in [3.05, 3.63) is 0 Å². The lowest BCUT2D eigenvalue weighted by Crippen LogP contribution is -2.49. The molecule has 2 heterocycles. The van der Waals surface area contributed by atoms with Crippen molar-refractivity contribution in [3.8, 4) is 0 Å². The topological polar surface area (TPSA) is 41.6 Å². The SMILES string of the molecule is O=C1CNC(C2CCCC2)N1C1CCOCC1. The van der Waals surface area contributed by atoms with Gasteiger partial charge in [-0.2, -0.15) is 0 Å². The molecule has 4 nitrogen and oxygen atoms in total. The van der Waals surface area contributed by atoms with Crippen molar-refractivity contribution in [2.45, 2.75) is 50.7 Å². The average molecular weight is 238 g/mol. The Hall–Kier alpha value is -0.610. The van der Waals surface area contributed by atoms with Crippen LogP contribution in [-0.2, 0) is 9.53 Å². The van der Waals surface area contributed by atoms with Gasteiger partial charge in [-0.05, 0) is 31.6 Å². The molecule has 1 amide bonds. The molecule has 0 aromatic heterocycles. The molecule has 17 heavy (non-hydrogen) atoms. The molecule has 0 aromatic carbocycles. The van der Waals surface area contributed by atoms with Gasteiger partial charge in [-0.25, -0.2) is 0 Å². The first kappa shape index (κ1) is 11.5. The summed E-state index contributed by atoms with van der Waals surface area (Å²) in [5.74, 6) is 0.984. The Bertz CT molecular complexity index is 283. The van der Waals surface area contributed by atoms with Crippen LogP contribution in [0.3, 0.4) is 0 Å². The molecule has 96 valence electrons. The third-order valence-corrected chi connectivity index (χ3v) is 4.48. The molecule has 0 radical (unpaired) electrons. The molecule has 2 saturated heterocycles. The second-order valence-corrected chi connectivity index (χ2v) is 5.51. The predicted molar refractivity (Wildman–Crippen MR) is 64.4 cm³/mol. The maximum absolute atomic E-state index is 12.1. The third kappa shape index (κ3) is 2.20. The Morgan fingerprint density at radius 3 is 2.53 bits per heavy atom. The summed E-state index contributed by atoms with van der Waals surface area (Å²) in [4.78, 5) is 14.2. The minimum Gasteiger partial charge on any atom is -0.381 e. The van der Waals surface area contributed by atoms with Gasteiger partial charge in [-0.1, -0.05) is 12.8 Å². The molecule has 1 N–H and O–H groups in total. The van der Waals surface area contributed by atoms with E-state index < -0.39 is 0 Å². The highest BCUT2D eigenvalue weighted by Crippen LogP contribution is 2.33. The summed E-state index contributed by atoms with van der Waals surface area (Å²) in [6, 6.07) is 0.414. The highest BCUT2D eigenvalue weighted by molar-refractivity contribution is 5.81. The Morgan fingerprint density at radius 2 is 1.82 bits per heavy atom. The first-order valence-corrected chi connectivity index (χ1v) is 6.98. The van der Waals surface area contributed by atoms with Crippen molar-refractivity contribution in [1.82, 2.24) is 10.2 Å². The first-order valence-electron chi connectivity index (χ1n) is 6.98. The van der Waals surface area contributed by atoms with Crippen molar-refractivity contribution in [2.75, 3.05) is 19.8 Å². The maximum Gasteiger partial charge on any atom is 0.238 e. The lowest BCUT2D eigenvalue weighted by atomic mass is 10.00. The summed E-state index contributed by atoms with van der Waals surface area (Å²) in [6.45, 7) is 2.16. The smallest absolute Gasteiger partial charge is 0.238 e. The summed E-state index contributed by atoms with van der Waals surface area (Å²) in [6.07, 6.45) is 7.56. The van der Waals surface area contributed by atoms with Gasteiger partial charge >= 0.3 is 0 Å². The van der Waals surface area contributed by atoms with E-state index in [4.69, 9.17) is 4.74 Å². The van der Waals surface area contributed by atoms with E-state index in [-0.39, 0.29) is 0 Å². The summed E-state index contributed by atoms with van der Waals surface area (Å²) in [5, 5.41) is 3.43. The summed E-state index contributed by atoms with van der Waals surface area (Å²) in [5.41, 5.74) is 0. The molecule has 1 atom stereocenters. The van der Waals surface area contributed by atoms with Gasteiger partial charge in [-0.15, -0.1) is 0 Å². The van der Waals surface area contributed by atoms with Crippen molar-refractivity contribution in [3.63, 3.8) is 0 Å². The minimum atomic E-state index is 0.300. The molecule has 3 fully saturated rings. The molecular formula is C13H22N2O2. The van der Waals surface area contributed by atoms with Gasteiger partial charge < -0.3 is 9.64 Å². The molecule has 0 bridgehead atoms. The lowest BCUT2D eigenvalue weighted by molar-refractivity contribution is -0.133. The maximum atomic E-state index is 12.1. The van der Waals surface area contributed by atoms with Crippen molar-refractivity contribution in [2.24, 2.45) is 5.92 Å². The van der Waals surface area contributed by atoms with Crippen molar-refractivity contribution >= 4 is 5.91 Å². The highest BCUT2D eigenvalue weighted by atomic mass is 16.5. The number of rotatable bonds is 2. The minimum absolute atomic E-state index is 0.300. The van der Waals surface area contributed by atoms with E-state index in [1.165, 1.54) is 25.7 Å². The normalized spacial score (nSPS) is 32.6. The van der Waals surface area contributed by atoms with Gasteiger partial charge in [0.05, 0.1) is 12.7 Å². The van der Waals surface area contributed by atoms with Crippen molar-refractivity contribution < 1.29 is 9.53 Å². The zero-order valence-electron chi connectivity index (χ0n) is 10.4. The molecule has 1 aliphatic carbocycles. The van der Waals surface area contributed by atoms with E-state index in [0.717, 1.165) is 26.1 Å². The number of hydrogen-bond donors (Lipinski definition) is 1. The summed E-state index contributed by atoms with van der Waals surface area (Å²) < 4.78 is 5.40. The number of amides is 1. The van der Waals surface area contributed by atoms with Crippen molar-refractivity contribution in [1.29, 1.82) is 0 Å². The largest absolute Gasteiger partial charge is 0.381 e. The quantitative estimate of drug-likeness (QED) is 0.783. The number of hydrogen-bond acceptors (Lipinski definition) is 3. The fourth-order valence-electron chi connectivity index (χ4n) is 3.60. The summed E-state index contributed by atoms with van der Waals surface area (Å²) >= 11 is 0. The van der Waals surface area contributed by atoms with Crippen LogP contribution < -0.4 is 5.32 Å². The number of nitrogens with one attached hydrogen (secondary N) is 1. The highest BCUT2D eigenvalue weighted by Gasteiger charge is 2.41. The monoisotopic (exact) mass is 238 g/mol. The van der Waals surface area contributed by atoms with Gasteiger partial charge in [0, 0.05) is 19.3 Å². The molecule has 2 aliphatic heterocycles. The van der Waals surface area contributed by atoms with Gasteiger partial charge in [0.2, 0.25) is 5.91 Å². The van der Waals surface area contributed by atoms with Crippen LogP contribution in [0.4, 0.5) is 0 Å². The predicted octanol–water partition coefficient (Wildman–Crippen LogP) is 1.11. The van der Waals surface area contributed by atoms with E-state index >= 15 is 0 Å². The Kier molecular flexibility index (Phi) is 3.34. The number of ether oxygens (including phenoxy) is 1.